The summed E-state index contributed by atoms with van der Waals surface area (Å²) < 4.78 is 52.3. The van der Waals surface area contributed by atoms with Gasteiger partial charge in [-0.25, -0.2) is 31.8 Å². The van der Waals surface area contributed by atoms with E-state index in [0.29, 0.717) is 29.7 Å². The van der Waals surface area contributed by atoms with Crippen molar-refractivity contribution in [2.75, 3.05) is 54.0 Å². The Hall–Kier alpha value is -3.79. The van der Waals surface area contributed by atoms with Crippen LogP contribution in [0.5, 0.6) is 0 Å². The molecule has 0 aliphatic carbocycles. The summed E-state index contributed by atoms with van der Waals surface area (Å²) in [5.74, 6) is -0.341. The molecule has 0 unspecified atom stereocenters. The molecule has 1 aliphatic rings. The molecule has 1 N–H and O–H groups in total. The van der Waals surface area contributed by atoms with Crippen LogP contribution < -0.4 is 14.5 Å². The quantitative estimate of drug-likeness (QED) is 0.396. The van der Waals surface area contributed by atoms with E-state index < -0.39 is 26.0 Å². The van der Waals surface area contributed by atoms with Gasteiger partial charge in [-0.05, 0) is 32.0 Å². The monoisotopic (exact) mass is 592 g/mol. The molecule has 1 amide bonds. The predicted octanol–water partition coefficient (Wildman–Crippen LogP) is 0.371. The fourth-order valence-corrected chi connectivity index (χ4v) is 6.29. The van der Waals surface area contributed by atoms with Crippen LogP contribution in [0.25, 0.3) is 0 Å². The number of anilines is 3. The lowest BCUT2D eigenvalue weighted by Gasteiger charge is -2.33. The van der Waals surface area contributed by atoms with Crippen LogP contribution in [0.1, 0.15) is 26.1 Å². The average Bonchev–Trinajstić information content (AvgIpc) is 3.29. The van der Waals surface area contributed by atoms with Crippen LogP contribution in [0.4, 0.5) is 17.6 Å². The minimum Gasteiger partial charge on any atom is -0.338 e. The number of hydrogen-bond donors (Lipinski definition) is 1. The van der Waals surface area contributed by atoms with Gasteiger partial charge >= 0.3 is 0 Å². The summed E-state index contributed by atoms with van der Waals surface area (Å²) in [6.45, 7) is 4.30. The maximum Gasteiger partial charge on any atom is 0.270 e. The second-order valence-corrected chi connectivity index (χ2v) is 13.6. The van der Waals surface area contributed by atoms with Crippen molar-refractivity contribution in [1.82, 2.24) is 29.5 Å². The first-order chi connectivity index (χ1) is 18.3. The van der Waals surface area contributed by atoms with Gasteiger partial charge < -0.3 is 10.2 Å². The highest BCUT2D eigenvalue weighted by Crippen LogP contribution is 2.28. The maximum absolute atomic E-state index is 13.1. The molecule has 206 valence electrons. The lowest BCUT2D eigenvalue weighted by atomic mass is 10.3. The van der Waals surface area contributed by atoms with E-state index in [1.807, 2.05) is 6.07 Å². The van der Waals surface area contributed by atoms with Crippen LogP contribution >= 0.6 is 11.3 Å². The standard InChI is InChI=1S/C21H24N10O5S3/c1-13-11-15(12-22)25-21(23-13)30-7-9-31(10-8-30)39(35,36)17-6-5-16(27-28-17)26-20(32)18-19(24-14(2)37-18)29(3)38(4,33)34/h5-6,11H,7-10H2,1-4H3,(H,26,27,32). The lowest BCUT2D eigenvalue weighted by Crippen LogP contribution is -2.49. The molecule has 1 fully saturated rings. The van der Waals surface area contributed by atoms with Crippen molar-refractivity contribution in [1.29, 1.82) is 5.26 Å². The van der Waals surface area contributed by atoms with Crippen molar-refractivity contribution < 1.29 is 21.6 Å². The first-order valence-electron chi connectivity index (χ1n) is 11.4. The second-order valence-electron chi connectivity index (χ2n) is 8.52. The average molecular weight is 593 g/mol. The molecule has 0 radical (unpaired) electrons. The zero-order chi connectivity index (χ0) is 28.5. The molecule has 0 aromatic carbocycles. The number of thiazole rings is 1. The summed E-state index contributed by atoms with van der Waals surface area (Å²) in [5.41, 5.74) is 0.872. The van der Waals surface area contributed by atoms with E-state index in [-0.39, 0.29) is 40.3 Å². The molecule has 0 bridgehead atoms. The molecule has 3 aromatic heterocycles. The van der Waals surface area contributed by atoms with E-state index in [1.165, 1.54) is 23.5 Å². The number of hydrogen-bond acceptors (Lipinski definition) is 13. The Kier molecular flexibility index (Phi) is 7.79. The van der Waals surface area contributed by atoms with Crippen molar-refractivity contribution in [3.8, 4) is 6.07 Å². The van der Waals surface area contributed by atoms with Crippen LogP contribution in [0.2, 0.25) is 0 Å². The van der Waals surface area contributed by atoms with Gasteiger partial charge in [-0.2, -0.15) is 9.57 Å². The zero-order valence-electron chi connectivity index (χ0n) is 21.4. The normalized spacial score (nSPS) is 14.6. The molecule has 15 nitrogen and oxygen atoms in total. The molecule has 4 rings (SSSR count). The maximum atomic E-state index is 13.1. The molecule has 0 atom stereocenters. The molecule has 4 heterocycles. The lowest BCUT2D eigenvalue weighted by molar-refractivity contribution is 0.103. The highest BCUT2D eigenvalue weighted by molar-refractivity contribution is 7.92. The Morgan fingerprint density at radius 2 is 1.77 bits per heavy atom. The van der Waals surface area contributed by atoms with Crippen molar-refractivity contribution in [2.45, 2.75) is 18.9 Å². The topological polar surface area (TPSA) is 195 Å². The molecule has 0 saturated carbocycles. The van der Waals surface area contributed by atoms with Gasteiger partial charge in [0, 0.05) is 38.9 Å². The van der Waals surface area contributed by atoms with E-state index in [0.717, 1.165) is 21.9 Å². The number of carbonyl (C=O) groups excluding carboxylic acids is 1. The van der Waals surface area contributed by atoms with Crippen LogP contribution in [0.15, 0.2) is 23.2 Å². The number of rotatable bonds is 7. The van der Waals surface area contributed by atoms with Gasteiger partial charge in [-0.15, -0.1) is 21.5 Å². The van der Waals surface area contributed by atoms with Gasteiger partial charge in [0.1, 0.15) is 16.6 Å². The Morgan fingerprint density at radius 1 is 1.08 bits per heavy atom. The summed E-state index contributed by atoms with van der Waals surface area (Å²) >= 11 is 1.00. The third-order valence-corrected chi connectivity index (χ3v) is 9.60. The number of piperazine rings is 1. The smallest absolute Gasteiger partial charge is 0.270 e. The predicted molar refractivity (Wildman–Crippen MR) is 143 cm³/mol. The molecule has 18 heteroatoms. The minimum atomic E-state index is -3.97. The Morgan fingerprint density at radius 3 is 2.36 bits per heavy atom. The highest BCUT2D eigenvalue weighted by atomic mass is 32.2. The summed E-state index contributed by atoms with van der Waals surface area (Å²) in [5, 5.41) is 19.5. The molecule has 1 aliphatic heterocycles. The Labute approximate surface area is 229 Å². The number of amides is 1. The van der Waals surface area contributed by atoms with Crippen LogP contribution in [0, 0.1) is 25.2 Å². The number of sulfonamides is 2. The number of nitrogens with one attached hydrogen (secondary N) is 1. The first kappa shape index (κ1) is 28.2. The number of nitrogens with zero attached hydrogens (tertiary/aromatic N) is 9. The van der Waals surface area contributed by atoms with Crippen LogP contribution in [-0.4, -0.2) is 91.7 Å². The number of carbonyl (C=O) groups is 1. The van der Waals surface area contributed by atoms with Gasteiger partial charge in [-0.1, -0.05) is 0 Å². The van der Waals surface area contributed by atoms with Crippen molar-refractivity contribution in [3.05, 3.63) is 39.5 Å². The summed E-state index contributed by atoms with van der Waals surface area (Å²) in [6, 6.07) is 6.09. The largest absolute Gasteiger partial charge is 0.338 e. The molecule has 1 saturated heterocycles. The third kappa shape index (κ3) is 6.11. The van der Waals surface area contributed by atoms with E-state index in [2.05, 4.69) is 30.5 Å². The summed E-state index contributed by atoms with van der Waals surface area (Å²) in [6.07, 6.45) is 0.995. The van der Waals surface area contributed by atoms with Gasteiger partial charge in [0.15, 0.2) is 16.7 Å². The van der Waals surface area contributed by atoms with E-state index >= 15 is 0 Å². The van der Waals surface area contributed by atoms with Crippen LogP contribution in [-0.2, 0) is 20.0 Å². The van der Waals surface area contributed by atoms with Crippen molar-refractivity contribution >= 4 is 54.9 Å². The fourth-order valence-electron chi connectivity index (χ4n) is 3.64. The molecular weight excluding hydrogens is 568 g/mol. The zero-order valence-corrected chi connectivity index (χ0v) is 23.8. The fraction of sp³-hybridized carbons (Fsp3) is 0.381. The molecule has 0 spiro atoms. The number of aryl methyl sites for hydroxylation is 2. The van der Waals surface area contributed by atoms with Gasteiger partial charge in [0.2, 0.25) is 16.0 Å². The summed E-state index contributed by atoms with van der Waals surface area (Å²) in [4.78, 5) is 27.4. The van der Waals surface area contributed by atoms with Crippen molar-refractivity contribution in [2.24, 2.45) is 0 Å². The second kappa shape index (κ2) is 10.8. The molecule has 39 heavy (non-hydrogen) atoms. The Balaban J connectivity index is 1.44. The van der Waals surface area contributed by atoms with Gasteiger partial charge in [-0.3, -0.25) is 9.10 Å². The first-order valence-corrected chi connectivity index (χ1v) is 15.5. The van der Waals surface area contributed by atoms with Gasteiger partial charge in [0.25, 0.3) is 15.9 Å². The third-order valence-electron chi connectivity index (χ3n) is 5.68. The van der Waals surface area contributed by atoms with E-state index in [9.17, 15) is 21.6 Å². The summed E-state index contributed by atoms with van der Waals surface area (Å²) in [7, 11) is -6.34. The van der Waals surface area contributed by atoms with Gasteiger partial charge in [0.05, 0.1) is 11.3 Å². The number of nitriles is 1. The van der Waals surface area contributed by atoms with E-state index in [1.54, 1.807) is 24.8 Å². The molecule has 3 aromatic rings. The number of aromatic nitrogens is 5. The highest BCUT2D eigenvalue weighted by Gasteiger charge is 2.31. The van der Waals surface area contributed by atoms with Crippen molar-refractivity contribution in [3.63, 3.8) is 0 Å². The van der Waals surface area contributed by atoms with E-state index in [4.69, 9.17) is 5.26 Å². The SMILES string of the molecule is Cc1cc(C#N)nc(N2CCN(S(=O)(=O)c3ccc(NC(=O)c4sc(C)nc4N(C)S(C)(=O)=O)nn3)CC2)n1. The minimum absolute atomic E-state index is 0.0207. The Bertz CT molecular complexity index is 1660. The molecular formula is C21H24N10O5S3. The van der Waals surface area contributed by atoms with Crippen LogP contribution in [0.3, 0.4) is 0 Å².